The Morgan fingerprint density at radius 3 is 0.900 bits per heavy atom. The molecule has 0 radical (unpaired) electrons. The van der Waals surface area contributed by atoms with Crippen molar-refractivity contribution in [2.45, 2.75) is 0 Å². The van der Waals surface area contributed by atoms with Crippen molar-refractivity contribution in [1.82, 2.24) is 0 Å². The topological polar surface area (TPSA) is 6.48 Å². The Balaban J connectivity index is 1.15. The highest BCUT2D eigenvalue weighted by Crippen LogP contribution is 2.51. The predicted octanol–water partition coefficient (Wildman–Crippen LogP) is 19.3. The van der Waals surface area contributed by atoms with E-state index in [1.165, 1.54) is 38.2 Å². The fraction of sp³-hybridized carbons (Fsp3) is 0. The van der Waals surface area contributed by atoms with Gasteiger partial charge in [0.05, 0.1) is 11.4 Å². The average molecular weight is 893 g/mol. The van der Waals surface area contributed by atoms with Crippen molar-refractivity contribution < 1.29 is 0 Å². The van der Waals surface area contributed by atoms with Crippen LogP contribution in [-0.2, 0) is 0 Å². The SMILES string of the molecule is c1ccc(-c2ccc(N(c3ccc(-c4ccccc4)cc3)c3cc(-c4ccccc4)c(-c4ccccc4)cc3N(c3ccc(-c4ccccc4)cc3)c3ccc4c(ccc5ccccc54)c3)cc2)cc1. The molecule has 0 aliphatic rings. The zero-order valence-corrected chi connectivity index (χ0v) is 38.6. The lowest BCUT2D eigenvalue weighted by atomic mass is 9.92. The van der Waals surface area contributed by atoms with Crippen LogP contribution >= 0.6 is 0 Å². The number of anilines is 6. The van der Waals surface area contributed by atoms with Gasteiger partial charge in [-0.05, 0) is 138 Å². The second-order valence-corrected chi connectivity index (χ2v) is 17.7. The van der Waals surface area contributed by atoms with E-state index in [2.05, 4.69) is 301 Å². The molecule has 0 heterocycles. The fourth-order valence-electron chi connectivity index (χ4n) is 9.94. The summed E-state index contributed by atoms with van der Waals surface area (Å²) in [6, 6.07) is 106. The summed E-state index contributed by atoms with van der Waals surface area (Å²) in [4.78, 5) is 4.91. The first-order valence-electron chi connectivity index (χ1n) is 24.0. The molecule has 12 rings (SSSR count). The van der Waals surface area contributed by atoms with E-state index in [9.17, 15) is 0 Å². The molecule has 0 saturated carbocycles. The van der Waals surface area contributed by atoms with Gasteiger partial charge in [-0.3, -0.25) is 0 Å². The first-order chi connectivity index (χ1) is 34.7. The molecule has 2 nitrogen and oxygen atoms in total. The van der Waals surface area contributed by atoms with Crippen LogP contribution in [0, 0.1) is 0 Å². The van der Waals surface area contributed by atoms with Crippen LogP contribution in [0.15, 0.2) is 291 Å². The molecule has 0 atom stereocenters. The Labute approximate surface area is 410 Å². The van der Waals surface area contributed by atoms with E-state index < -0.39 is 0 Å². The molecule has 330 valence electrons. The van der Waals surface area contributed by atoms with E-state index in [-0.39, 0.29) is 0 Å². The summed E-state index contributed by atoms with van der Waals surface area (Å²) in [5, 5.41) is 4.88. The normalized spacial score (nSPS) is 11.1. The van der Waals surface area contributed by atoms with Crippen LogP contribution in [0.5, 0.6) is 0 Å². The van der Waals surface area contributed by atoms with E-state index >= 15 is 0 Å². The lowest BCUT2D eigenvalue weighted by Gasteiger charge is -2.35. The molecular weight excluding hydrogens is 845 g/mol. The molecular formula is C68H48N2. The summed E-state index contributed by atoms with van der Waals surface area (Å²) < 4.78 is 0. The van der Waals surface area contributed by atoms with Crippen LogP contribution in [0.25, 0.3) is 77.2 Å². The van der Waals surface area contributed by atoms with E-state index in [0.717, 1.165) is 73.1 Å². The van der Waals surface area contributed by atoms with E-state index in [0.29, 0.717) is 0 Å². The summed E-state index contributed by atoms with van der Waals surface area (Å²) in [5.41, 5.74) is 17.9. The number of fused-ring (bicyclic) bond motifs is 3. The van der Waals surface area contributed by atoms with Crippen molar-refractivity contribution in [3.05, 3.63) is 291 Å². The van der Waals surface area contributed by atoms with Crippen molar-refractivity contribution >= 4 is 55.7 Å². The molecule has 70 heavy (non-hydrogen) atoms. The summed E-state index contributed by atoms with van der Waals surface area (Å²) in [6.07, 6.45) is 0. The number of benzene rings is 12. The third-order valence-corrected chi connectivity index (χ3v) is 13.5. The maximum Gasteiger partial charge on any atom is 0.0709 e. The molecule has 0 N–H and O–H groups in total. The van der Waals surface area contributed by atoms with Crippen molar-refractivity contribution in [2.75, 3.05) is 9.80 Å². The Bertz CT molecular complexity index is 3620. The smallest absolute Gasteiger partial charge is 0.0709 e. The molecule has 0 spiro atoms. The number of rotatable bonds is 11. The van der Waals surface area contributed by atoms with Gasteiger partial charge in [0.2, 0.25) is 0 Å². The van der Waals surface area contributed by atoms with Crippen molar-refractivity contribution in [3.8, 4) is 55.6 Å². The van der Waals surface area contributed by atoms with Gasteiger partial charge in [-0.25, -0.2) is 0 Å². The zero-order valence-electron chi connectivity index (χ0n) is 38.6. The molecule has 0 aromatic heterocycles. The molecule has 0 aliphatic carbocycles. The molecule has 12 aromatic rings. The minimum absolute atomic E-state index is 1.03. The van der Waals surface area contributed by atoms with Gasteiger partial charge in [-0.15, -0.1) is 0 Å². The van der Waals surface area contributed by atoms with Gasteiger partial charge >= 0.3 is 0 Å². The van der Waals surface area contributed by atoms with Crippen LogP contribution in [0.2, 0.25) is 0 Å². The maximum atomic E-state index is 2.46. The number of hydrogen-bond donors (Lipinski definition) is 0. The Morgan fingerprint density at radius 2 is 0.486 bits per heavy atom. The van der Waals surface area contributed by atoms with Gasteiger partial charge < -0.3 is 9.80 Å². The minimum atomic E-state index is 1.03. The summed E-state index contributed by atoms with van der Waals surface area (Å²) in [7, 11) is 0. The summed E-state index contributed by atoms with van der Waals surface area (Å²) in [5.74, 6) is 0. The first kappa shape index (κ1) is 42.1. The van der Waals surface area contributed by atoms with Crippen LogP contribution in [0.4, 0.5) is 34.1 Å². The van der Waals surface area contributed by atoms with Crippen LogP contribution in [0.1, 0.15) is 0 Å². The second kappa shape index (κ2) is 18.8. The molecule has 12 aromatic carbocycles. The predicted molar refractivity (Wildman–Crippen MR) is 298 cm³/mol. The molecule has 0 aliphatic heterocycles. The highest BCUT2D eigenvalue weighted by Gasteiger charge is 2.26. The van der Waals surface area contributed by atoms with Gasteiger partial charge in [0, 0.05) is 22.7 Å². The number of nitrogens with zero attached hydrogens (tertiary/aromatic N) is 2. The third-order valence-electron chi connectivity index (χ3n) is 13.5. The van der Waals surface area contributed by atoms with E-state index in [4.69, 9.17) is 0 Å². The van der Waals surface area contributed by atoms with Gasteiger partial charge in [0.1, 0.15) is 0 Å². The summed E-state index contributed by atoms with van der Waals surface area (Å²) >= 11 is 0. The van der Waals surface area contributed by atoms with E-state index in [1.54, 1.807) is 0 Å². The minimum Gasteiger partial charge on any atom is -0.308 e. The van der Waals surface area contributed by atoms with Crippen LogP contribution < -0.4 is 9.80 Å². The second-order valence-electron chi connectivity index (χ2n) is 17.7. The highest BCUT2D eigenvalue weighted by atomic mass is 15.2. The molecule has 0 bridgehead atoms. The Kier molecular flexibility index (Phi) is 11.3. The van der Waals surface area contributed by atoms with Crippen LogP contribution in [0.3, 0.4) is 0 Å². The number of hydrogen-bond acceptors (Lipinski definition) is 2. The lowest BCUT2D eigenvalue weighted by Crippen LogP contribution is -2.17. The Morgan fingerprint density at radius 1 is 0.186 bits per heavy atom. The van der Waals surface area contributed by atoms with Gasteiger partial charge in [0.25, 0.3) is 0 Å². The van der Waals surface area contributed by atoms with Gasteiger partial charge in [-0.2, -0.15) is 0 Å². The maximum absolute atomic E-state index is 2.46. The lowest BCUT2D eigenvalue weighted by molar-refractivity contribution is 1.23. The average Bonchev–Trinajstić information content (AvgIpc) is 3.45. The monoisotopic (exact) mass is 892 g/mol. The van der Waals surface area contributed by atoms with Crippen molar-refractivity contribution in [1.29, 1.82) is 0 Å². The quantitative estimate of drug-likeness (QED) is 0.119. The highest BCUT2D eigenvalue weighted by molar-refractivity contribution is 6.09. The van der Waals surface area contributed by atoms with Crippen molar-refractivity contribution in [2.24, 2.45) is 0 Å². The molecule has 2 heteroatoms. The zero-order chi connectivity index (χ0) is 46.6. The molecule has 0 unspecified atom stereocenters. The van der Waals surface area contributed by atoms with Gasteiger partial charge in [-0.1, -0.05) is 231 Å². The van der Waals surface area contributed by atoms with E-state index in [1.807, 2.05) is 0 Å². The Hall–Kier alpha value is -9.24. The fourth-order valence-corrected chi connectivity index (χ4v) is 9.94. The summed E-state index contributed by atoms with van der Waals surface area (Å²) in [6.45, 7) is 0. The first-order valence-corrected chi connectivity index (χ1v) is 24.0. The molecule has 0 saturated heterocycles. The third kappa shape index (κ3) is 8.29. The molecule has 0 amide bonds. The van der Waals surface area contributed by atoms with Crippen molar-refractivity contribution in [3.63, 3.8) is 0 Å². The molecule has 0 fully saturated rings. The van der Waals surface area contributed by atoms with Gasteiger partial charge in [0.15, 0.2) is 0 Å². The standard InChI is InChI=1S/C68H48N2/c1-6-18-49(19-7-1)52-32-38-59(39-33-52)69(60-40-34-53(35-41-60)50-20-8-2-9-21-50)67-47-65(55-24-12-4-13-25-55)66(56-26-14-5-15-27-56)48-68(67)70(61-42-36-54(37-43-61)51-22-10-3-11-23-51)62-44-45-64-58(46-62)31-30-57-28-16-17-29-63(57)64/h1-48H. The largest absolute Gasteiger partial charge is 0.308 e. The van der Waals surface area contributed by atoms with Crippen LogP contribution in [-0.4, -0.2) is 0 Å².